The summed E-state index contributed by atoms with van der Waals surface area (Å²) in [5.74, 6) is -0.592. The first kappa shape index (κ1) is 23.8. The fourth-order valence-corrected chi connectivity index (χ4v) is 5.12. The lowest BCUT2D eigenvalue weighted by Crippen LogP contribution is -2.52. The van der Waals surface area contributed by atoms with Gasteiger partial charge in [-0.15, -0.1) is 0 Å². The lowest BCUT2D eigenvalue weighted by Gasteiger charge is -2.35. The summed E-state index contributed by atoms with van der Waals surface area (Å²) in [6.45, 7) is 1.16. The van der Waals surface area contributed by atoms with Crippen LogP contribution >= 0.6 is 0 Å². The Morgan fingerprint density at radius 1 is 1.08 bits per heavy atom. The number of fused-ring (bicyclic) bond motifs is 1. The number of hydrogen-bond acceptors (Lipinski definition) is 6. The van der Waals surface area contributed by atoms with E-state index in [1.807, 2.05) is 0 Å². The molecule has 1 unspecified atom stereocenters. The molecule has 1 aromatic carbocycles. The molecule has 3 aliphatic rings. The van der Waals surface area contributed by atoms with E-state index in [-0.39, 0.29) is 42.3 Å². The highest BCUT2D eigenvalue weighted by Gasteiger charge is 2.39. The zero-order chi connectivity index (χ0) is 25.4. The van der Waals surface area contributed by atoms with E-state index in [4.69, 9.17) is 4.74 Å². The molecule has 10 heteroatoms. The van der Waals surface area contributed by atoms with Crippen LogP contribution in [-0.2, 0) is 23.2 Å². The first-order valence-electron chi connectivity index (χ1n) is 12.2. The molecule has 0 aliphatic carbocycles. The Bertz CT molecular complexity index is 1300. The largest absolute Gasteiger partial charge is 0.491 e. The van der Waals surface area contributed by atoms with Gasteiger partial charge in [0.05, 0.1) is 6.04 Å². The van der Waals surface area contributed by atoms with Gasteiger partial charge in [0.15, 0.2) is 0 Å². The number of benzene rings is 1. The summed E-state index contributed by atoms with van der Waals surface area (Å²) in [5.41, 5.74) is 1.42. The second-order valence-electron chi connectivity index (χ2n) is 9.54. The average Bonchev–Trinajstić information content (AvgIpc) is 3.19. The second-order valence-corrected chi connectivity index (χ2v) is 9.54. The molecular formula is C26H28N4O6. The Kier molecular flexibility index (Phi) is 6.34. The zero-order valence-corrected chi connectivity index (χ0v) is 20.1. The number of aryl methyl sites for hydroxylation is 1. The lowest BCUT2D eigenvalue weighted by molar-refractivity contribution is -0.136. The van der Waals surface area contributed by atoms with Crippen LogP contribution in [0.2, 0.25) is 0 Å². The summed E-state index contributed by atoms with van der Waals surface area (Å²) < 4.78 is 7.49. The van der Waals surface area contributed by atoms with Crippen molar-refractivity contribution in [1.82, 2.24) is 19.7 Å². The summed E-state index contributed by atoms with van der Waals surface area (Å²) in [6.07, 6.45) is 4.78. The molecule has 36 heavy (non-hydrogen) atoms. The van der Waals surface area contributed by atoms with Gasteiger partial charge in [0.1, 0.15) is 18.4 Å². The molecule has 3 aliphatic heterocycles. The van der Waals surface area contributed by atoms with Crippen LogP contribution in [0.4, 0.5) is 0 Å². The van der Waals surface area contributed by atoms with E-state index in [1.54, 1.807) is 42.4 Å². The van der Waals surface area contributed by atoms with Crippen LogP contribution in [0.3, 0.4) is 0 Å². The molecule has 2 aromatic rings. The molecule has 0 saturated carbocycles. The molecular weight excluding hydrogens is 464 g/mol. The normalized spacial score (nSPS) is 21.9. The Morgan fingerprint density at radius 3 is 2.69 bits per heavy atom. The summed E-state index contributed by atoms with van der Waals surface area (Å²) in [5, 5.41) is 2.31. The van der Waals surface area contributed by atoms with Crippen LogP contribution in [0.5, 0.6) is 5.75 Å². The average molecular weight is 493 g/mol. The van der Waals surface area contributed by atoms with Crippen LogP contribution in [0.15, 0.2) is 41.3 Å². The third kappa shape index (κ3) is 4.50. The number of rotatable bonds is 5. The van der Waals surface area contributed by atoms with E-state index in [0.29, 0.717) is 36.4 Å². The number of hydrogen-bond donors (Lipinski definition) is 1. The molecule has 4 amide bonds. The van der Waals surface area contributed by atoms with Crippen LogP contribution in [-0.4, -0.2) is 63.2 Å². The quantitative estimate of drug-likeness (QED) is 0.627. The van der Waals surface area contributed by atoms with E-state index in [9.17, 15) is 24.0 Å². The Balaban J connectivity index is 1.26. The van der Waals surface area contributed by atoms with Gasteiger partial charge in [0.2, 0.25) is 11.8 Å². The topological polar surface area (TPSA) is 118 Å². The maximum atomic E-state index is 13.1. The second kappa shape index (κ2) is 9.60. The number of piperidine rings is 2. The van der Waals surface area contributed by atoms with Crippen molar-refractivity contribution in [1.29, 1.82) is 0 Å². The van der Waals surface area contributed by atoms with Crippen molar-refractivity contribution in [3.8, 4) is 5.75 Å². The maximum absolute atomic E-state index is 13.1. The number of amides is 4. The molecule has 0 radical (unpaired) electrons. The molecule has 0 bridgehead atoms. The van der Waals surface area contributed by atoms with Gasteiger partial charge in [-0.25, -0.2) is 0 Å². The molecule has 1 N–H and O–H groups in total. The summed E-state index contributed by atoms with van der Waals surface area (Å²) in [4.78, 5) is 65.0. The van der Waals surface area contributed by atoms with Crippen molar-refractivity contribution < 1.29 is 23.9 Å². The standard InChI is InChI=1S/C26H28N4O6/c1-28-11-9-16(13-23(28)32)25(34)29-10-3-2-4-18(29)15-36-19-5-6-20-17(12-19)14-30(26(20)35)21-7-8-22(31)27-24(21)33/h5-6,9,11-13,18,21H,2-4,7-8,10,14-15H2,1H3,(H,27,31,33)/t18-,21?/m0/s1. The van der Waals surface area contributed by atoms with E-state index < -0.39 is 11.9 Å². The number of nitrogens with zero attached hydrogens (tertiary/aromatic N) is 3. The highest BCUT2D eigenvalue weighted by atomic mass is 16.5. The highest BCUT2D eigenvalue weighted by Crippen LogP contribution is 2.30. The monoisotopic (exact) mass is 492 g/mol. The van der Waals surface area contributed by atoms with Gasteiger partial charge in [-0.2, -0.15) is 0 Å². The third-order valence-corrected chi connectivity index (χ3v) is 7.18. The Labute approximate surface area is 207 Å². The summed E-state index contributed by atoms with van der Waals surface area (Å²) in [6, 6.07) is 7.44. The van der Waals surface area contributed by atoms with E-state index in [2.05, 4.69) is 5.32 Å². The molecule has 10 nitrogen and oxygen atoms in total. The molecule has 2 saturated heterocycles. The Morgan fingerprint density at radius 2 is 1.92 bits per heavy atom. The Hall–Kier alpha value is -3.95. The van der Waals surface area contributed by atoms with Crippen LogP contribution in [0, 0.1) is 0 Å². The predicted octanol–water partition coefficient (Wildman–Crippen LogP) is 1.22. The van der Waals surface area contributed by atoms with Crippen molar-refractivity contribution >= 4 is 23.6 Å². The molecule has 5 rings (SSSR count). The number of imide groups is 1. The van der Waals surface area contributed by atoms with Gasteiger partial charge in [-0.1, -0.05) is 0 Å². The van der Waals surface area contributed by atoms with Crippen molar-refractivity contribution in [2.75, 3.05) is 13.2 Å². The maximum Gasteiger partial charge on any atom is 0.255 e. The summed E-state index contributed by atoms with van der Waals surface area (Å²) in [7, 11) is 1.64. The van der Waals surface area contributed by atoms with Gasteiger partial charge in [0.25, 0.3) is 17.4 Å². The van der Waals surface area contributed by atoms with Gasteiger partial charge in [-0.3, -0.25) is 29.3 Å². The van der Waals surface area contributed by atoms with Crippen molar-refractivity contribution in [2.24, 2.45) is 7.05 Å². The molecule has 2 fully saturated rings. The summed E-state index contributed by atoms with van der Waals surface area (Å²) >= 11 is 0. The van der Waals surface area contributed by atoms with Crippen molar-refractivity contribution in [3.63, 3.8) is 0 Å². The first-order valence-corrected chi connectivity index (χ1v) is 12.2. The van der Waals surface area contributed by atoms with Gasteiger partial charge in [-0.05, 0) is 55.5 Å². The van der Waals surface area contributed by atoms with E-state index in [0.717, 1.165) is 24.8 Å². The van der Waals surface area contributed by atoms with Gasteiger partial charge in [0, 0.05) is 49.9 Å². The van der Waals surface area contributed by atoms with Crippen LogP contribution in [0.1, 0.15) is 58.4 Å². The minimum atomic E-state index is -0.663. The van der Waals surface area contributed by atoms with E-state index in [1.165, 1.54) is 15.5 Å². The predicted molar refractivity (Wildman–Crippen MR) is 128 cm³/mol. The first-order chi connectivity index (χ1) is 17.3. The number of ether oxygens (including phenoxy) is 1. The SMILES string of the molecule is Cn1ccc(C(=O)N2CCCC[C@H]2COc2ccc3c(c2)CN(C2CCC(=O)NC2=O)C3=O)cc1=O. The lowest BCUT2D eigenvalue weighted by atomic mass is 10.0. The molecule has 4 heterocycles. The van der Waals surface area contributed by atoms with Crippen LogP contribution < -0.4 is 15.6 Å². The zero-order valence-electron chi connectivity index (χ0n) is 20.1. The fraction of sp³-hybridized carbons (Fsp3) is 0.423. The van der Waals surface area contributed by atoms with E-state index >= 15 is 0 Å². The highest BCUT2D eigenvalue weighted by molar-refractivity contribution is 6.05. The number of carbonyl (C=O) groups is 4. The minimum absolute atomic E-state index is 0.134. The third-order valence-electron chi connectivity index (χ3n) is 7.18. The molecule has 188 valence electrons. The van der Waals surface area contributed by atoms with Crippen LogP contribution in [0.25, 0.3) is 0 Å². The number of carbonyl (C=O) groups excluding carboxylic acids is 4. The van der Waals surface area contributed by atoms with Gasteiger partial charge < -0.3 is 19.1 Å². The number of nitrogens with one attached hydrogen (secondary N) is 1. The fourth-order valence-electron chi connectivity index (χ4n) is 5.12. The van der Waals surface area contributed by atoms with Gasteiger partial charge >= 0.3 is 0 Å². The number of aromatic nitrogens is 1. The molecule has 2 atom stereocenters. The van der Waals surface area contributed by atoms with Crippen molar-refractivity contribution in [2.45, 2.75) is 50.7 Å². The molecule has 0 spiro atoms. The number of pyridine rings is 1. The minimum Gasteiger partial charge on any atom is -0.491 e. The molecule has 1 aromatic heterocycles. The van der Waals surface area contributed by atoms with Crippen molar-refractivity contribution in [3.05, 3.63) is 63.6 Å². The number of likely N-dealkylation sites (tertiary alicyclic amines) is 1. The smallest absolute Gasteiger partial charge is 0.255 e.